The fourth-order valence-corrected chi connectivity index (χ4v) is 4.21. The average molecular weight is 300 g/mol. The lowest BCUT2D eigenvalue weighted by Gasteiger charge is -2.10. The second-order valence-corrected chi connectivity index (χ2v) is 7.54. The highest BCUT2D eigenvalue weighted by atomic mass is 32.2. The zero-order valence-corrected chi connectivity index (χ0v) is 12.5. The van der Waals surface area contributed by atoms with Gasteiger partial charge in [-0.3, -0.25) is 9.48 Å². The summed E-state index contributed by atoms with van der Waals surface area (Å²) in [5.41, 5.74) is 7.87. The molecule has 3 N–H and O–H groups in total. The predicted molar refractivity (Wildman–Crippen MR) is 75.9 cm³/mol. The van der Waals surface area contributed by atoms with Crippen molar-refractivity contribution in [1.82, 2.24) is 15.1 Å². The van der Waals surface area contributed by atoms with Crippen LogP contribution in [0.25, 0.3) is 0 Å². The van der Waals surface area contributed by atoms with E-state index in [9.17, 15) is 13.2 Å². The molecule has 0 radical (unpaired) electrons. The van der Waals surface area contributed by atoms with Crippen LogP contribution < -0.4 is 11.1 Å². The van der Waals surface area contributed by atoms with Crippen molar-refractivity contribution >= 4 is 21.4 Å². The first-order valence-electron chi connectivity index (χ1n) is 6.55. The molecule has 1 saturated heterocycles. The number of nitrogens with one attached hydrogen (secondary N) is 1. The topological polar surface area (TPSA) is 107 Å². The van der Waals surface area contributed by atoms with Crippen molar-refractivity contribution in [2.45, 2.75) is 26.8 Å². The summed E-state index contributed by atoms with van der Waals surface area (Å²) in [5.74, 6) is 0.233. The summed E-state index contributed by atoms with van der Waals surface area (Å²) in [6.45, 7) is 4.10. The largest absolute Gasteiger partial charge is 0.396 e. The lowest BCUT2D eigenvalue weighted by Crippen LogP contribution is -2.33. The Kier molecular flexibility index (Phi) is 4.03. The lowest BCUT2D eigenvalue weighted by molar-refractivity contribution is -0.122. The number of hydrogen-bond acceptors (Lipinski definition) is 5. The molecule has 1 aromatic rings. The van der Waals surface area contributed by atoms with Gasteiger partial charge < -0.3 is 11.1 Å². The summed E-state index contributed by atoms with van der Waals surface area (Å²) in [5, 5.41) is 6.95. The molecule has 2 rings (SSSR count). The number of amides is 1. The van der Waals surface area contributed by atoms with E-state index in [1.165, 1.54) is 0 Å². The van der Waals surface area contributed by atoms with Crippen LogP contribution in [0.4, 0.5) is 5.69 Å². The number of carbonyl (C=O) groups excluding carboxylic acids is 1. The molecule has 1 fully saturated rings. The van der Waals surface area contributed by atoms with Crippen LogP contribution in [0.2, 0.25) is 0 Å². The summed E-state index contributed by atoms with van der Waals surface area (Å²) in [6, 6.07) is 0. The van der Waals surface area contributed by atoms with Crippen molar-refractivity contribution in [2.75, 3.05) is 23.8 Å². The van der Waals surface area contributed by atoms with Crippen molar-refractivity contribution < 1.29 is 13.2 Å². The van der Waals surface area contributed by atoms with Crippen molar-refractivity contribution in [1.29, 1.82) is 0 Å². The van der Waals surface area contributed by atoms with Crippen LogP contribution in [0.3, 0.4) is 0 Å². The van der Waals surface area contributed by atoms with Gasteiger partial charge >= 0.3 is 0 Å². The van der Waals surface area contributed by atoms with Gasteiger partial charge in [-0.1, -0.05) is 0 Å². The molecule has 0 saturated carbocycles. The standard InChI is InChI=1S/C12H20N4O3S/c1-8-12(13)9(2)16(15-8)6-11(17)14-5-10-3-4-20(18,19)7-10/h10H,3-7,13H2,1-2H3,(H,14,17). The Labute approximate surface area is 118 Å². The van der Waals surface area contributed by atoms with Gasteiger partial charge in [0.1, 0.15) is 6.54 Å². The van der Waals surface area contributed by atoms with E-state index in [4.69, 9.17) is 5.73 Å². The van der Waals surface area contributed by atoms with Crippen LogP contribution in [-0.4, -0.2) is 42.2 Å². The minimum absolute atomic E-state index is 0.0227. The highest BCUT2D eigenvalue weighted by molar-refractivity contribution is 7.91. The van der Waals surface area contributed by atoms with E-state index < -0.39 is 9.84 Å². The maximum absolute atomic E-state index is 11.8. The van der Waals surface area contributed by atoms with E-state index in [1.54, 1.807) is 11.6 Å². The Balaban J connectivity index is 1.86. The molecular weight excluding hydrogens is 280 g/mol. The first kappa shape index (κ1) is 14.8. The monoisotopic (exact) mass is 300 g/mol. The molecule has 7 nitrogen and oxygen atoms in total. The van der Waals surface area contributed by atoms with E-state index in [0.717, 1.165) is 5.69 Å². The fraction of sp³-hybridized carbons (Fsp3) is 0.667. The van der Waals surface area contributed by atoms with E-state index in [1.807, 2.05) is 6.92 Å². The lowest BCUT2D eigenvalue weighted by atomic mass is 10.1. The molecule has 0 bridgehead atoms. The zero-order valence-electron chi connectivity index (χ0n) is 11.7. The molecule has 1 aliphatic rings. The maximum Gasteiger partial charge on any atom is 0.241 e. The van der Waals surface area contributed by atoms with E-state index >= 15 is 0 Å². The Morgan fingerprint density at radius 3 is 2.70 bits per heavy atom. The summed E-state index contributed by atoms with van der Waals surface area (Å²) in [6.07, 6.45) is 0.621. The van der Waals surface area contributed by atoms with Gasteiger partial charge in [0.25, 0.3) is 0 Å². The third-order valence-corrected chi connectivity index (χ3v) is 5.48. The fourth-order valence-electron chi connectivity index (χ4n) is 2.35. The Hall–Kier alpha value is -1.57. The van der Waals surface area contributed by atoms with Crippen LogP contribution in [0.5, 0.6) is 0 Å². The van der Waals surface area contributed by atoms with Crippen LogP contribution in [-0.2, 0) is 21.2 Å². The van der Waals surface area contributed by atoms with Gasteiger partial charge in [-0.25, -0.2) is 8.42 Å². The molecule has 0 aromatic carbocycles. The molecule has 1 amide bonds. The number of carbonyl (C=O) groups is 1. The molecule has 8 heteroatoms. The number of sulfone groups is 1. The smallest absolute Gasteiger partial charge is 0.241 e. The van der Waals surface area contributed by atoms with Gasteiger partial charge in [-0.2, -0.15) is 5.10 Å². The molecule has 2 heterocycles. The summed E-state index contributed by atoms with van der Waals surface area (Å²) < 4.78 is 24.2. The number of aryl methyl sites for hydroxylation is 1. The van der Waals surface area contributed by atoms with Gasteiger partial charge in [0.05, 0.1) is 28.6 Å². The number of rotatable bonds is 4. The highest BCUT2D eigenvalue weighted by Gasteiger charge is 2.27. The van der Waals surface area contributed by atoms with Gasteiger partial charge in [-0.15, -0.1) is 0 Å². The summed E-state index contributed by atoms with van der Waals surface area (Å²) in [4.78, 5) is 11.8. The van der Waals surface area contributed by atoms with E-state index in [-0.39, 0.29) is 29.9 Å². The number of nitrogens with two attached hydrogens (primary N) is 1. The predicted octanol–water partition coefficient (Wildman–Crippen LogP) is -0.367. The van der Waals surface area contributed by atoms with Gasteiger partial charge in [0.15, 0.2) is 9.84 Å². The van der Waals surface area contributed by atoms with Crippen molar-refractivity contribution in [2.24, 2.45) is 5.92 Å². The summed E-state index contributed by atoms with van der Waals surface area (Å²) in [7, 11) is -2.90. The molecule has 0 aliphatic carbocycles. The minimum Gasteiger partial charge on any atom is -0.396 e. The number of anilines is 1. The molecule has 20 heavy (non-hydrogen) atoms. The van der Waals surface area contributed by atoms with Crippen molar-refractivity contribution in [3.05, 3.63) is 11.4 Å². The molecule has 1 unspecified atom stereocenters. The first-order chi connectivity index (χ1) is 9.28. The number of hydrogen-bond donors (Lipinski definition) is 2. The second kappa shape index (κ2) is 5.43. The SMILES string of the molecule is Cc1nn(CC(=O)NCC2CCS(=O)(=O)C2)c(C)c1N. The highest BCUT2D eigenvalue weighted by Crippen LogP contribution is 2.17. The van der Waals surface area contributed by atoms with Crippen LogP contribution in [0.15, 0.2) is 0 Å². The average Bonchev–Trinajstić information content (AvgIpc) is 2.83. The third-order valence-electron chi connectivity index (χ3n) is 3.65. The molecule has 1 aliphatic heterocycles. The Morgan fingerprint density at radius 2 is 2.20 bits per heavy atom. The van der Waals surface area contributed by atoms with Crippen molar-refractivity contribution in [3.63, 3.8) is 0 Å². The summed E-state index contributed by atoms with van der Waals surface area (Å²) >= 11 is 0. The van der Waals surface area contributed by atoms with Gasteiger partial charge in [0, 0.05) is 6.54 Å². The number of nitrogens with zero attached hydrogens (tertiary/aromatic N) is 2. The zero-order chi connectivity index (χ0) is 14.9. The van der Waals surface area contributed by atoms with Gasteiger partial charge in [0.2, 0.25) is 5.91 Å². The van der Waals surface area contributed by atoms with E-state index in [2.05, 4.69) is 10.4 Å². The minimum atomic E-state index is -2.90. The molecule has 0 spiro atoms. The maximum atomic E-state index is 11.8. The van der Waals surface area contributed by atoms with Crippen LogP contribution >= 0.6 is 0 Å². The quantitative estimate of drug-likeness (QED) is 0.789. The Bertz CT molecular complexity index is 621. The van der Waals surface area contributed by atoms with Crippen LogP contribution in [0, 0.1) is 19.8 Å². The van der Waals surface area contributed by atoms with Crippen molar-refractivity contribution in [3.8, 4) is 0 Å². The van der Waals surface area contributed by atoms with Gasteiger partial charge in [-0.05, 0) is 26.2 Å². The van der Waals surface area contributed by atoms with Crippen LogP contribution in [0.1, 0.15) is 17.8 Å². The number of aromatic nitrogens is 2. The molecule has 112 valence electrons. The molecular formula is C12H20N4O3S. The second-order valence-electron chi connectivity index (χ2n) is 5.32. The first-order valence-corrected chi connectivity index (χ1v) is 8.37. The molecule has 1 atom stereocenters. The Morgan fingerprint density at radius 1 is 1.50 bits per heavy atom. The third kappa shape index (κ3) is 3.30. The number of nitrogen functional groups attached to an aromatic ring is 1. The van der Waals surface area contributed by atoms with E-state index in [0.29, 0.717) is 24.3 Å². The molecule has 1 aromatic heterocycles. The normalized spacial score (nSPS) is 21.0.